The predicted octanol–water partition coefficient (Wildman–Crippen LogP) is 4.69. The van der Waals surface area contributed by atoms with Crippen molar-refractivity contribution in [2.75, 3.05) is 0 Å². The van der Waals surface area contributed by atoms with Gasteiger partial charge in [0, 0.05) is 11.0 Å². The van der Waals surface area contributed by atoms with Gasteiger partial charge in [-0.3, -0.25) is 4.79 Å². The third kappa shape index (κ3) is 3.53. The van der Waals surface area contributed by atoms with E-state index in [4.69, 9.17) is 4.52 Å². The second-order valence-electron chi connectivity index (χ2n) is 6.48. The van der Waals surface area contributed by atoms with Crippen LogP contribution in [0, 0.1) is 6.92 Å². The minimum Gasteiger partial charge on any atom is -0.360 e. The first kappa shape index (κ1) is 16.9. The van der Waals surface area contributed by atoms with Crippen molar-refractivity contribution < 1.29 is 9.32 Å². The molecule has 1 N–H and O–H groups in total. The van der Waals surface area contributed by atoms with E-state index in [1.165, 1.54) is 11.1 Å². The van der Waals surface area contributed by atoms with Gasteiger partial charge in [-0.1, -0.05) is 41.6 Å². The van der Waals surface area contributed by atoms with E-state index < -0.39 is 0 Å². The molecule has 0 saturated heterocycles. The molecule has 4 rings (SSSR count). The average molecular weight is 364 g/mol. The Hall–Kier alpha value is -2.53. The lowest BCUT2D eigenvalue weighted by molar-refractivity contribution is 0.0933. The van der Waals surface area contributed by atoms with Gasteiger partial charge in [-0.05, 0) is 43.0 Å². The number of carbonyl (C=O) groups is 1. The summed E-state index contributed by atoms with van der Waals surface area (Å²) >= 11 is 1.59. The zero-order valence-electron chi connectivity index (χ0n) is 14.6. The number of aromatic nitrogens is 1. The standard InChI is InChI=1S/C21H20N2O2S/c1-14-12-16(25-23-14)13-26-20-9-5-4-8-18(20)21(24)22-19-11-10-15-6-2-3-7-17(15)19/h2-9,12,19H,10-11,13H2,1H3,(H,22,24). The van der Waals surface area contributed by atoms with Gasteiger partial charge >= 0.3 is 0 Å². The first-order valence-corrected chi connectivity index (χ1v) is 9.72. The Kier molecular flexibility index (Phi) is 4.80. The SMILES string of the molecule is Cc1cc(CSc2ccccc2C(=O)NC2CCc3ccccc32)on1. The summed E-state index contributed by atoms with van der Waals surface area (Å²) in [5.41, 5.74) is 4.15. The van der Waals surface area contributed by atoms with Crippen LogP contribution in [-0.4, -0.2) is 11.1 Å². The van der Waals surface area contributed by atoms with Crippen LogP contribution in [0.5, 0.6) is 0 Å². The second-order valence-corrected chi connectivity index (χ2v) is 7.50. The van der Waals surface area contributed by atoms with Crippen LogP contribution in [0.3, 0.4) is 0 Å². The number of nitrogens with zero attached hydrogens (tertiary/aromatic N) is 1. The van der Waals surface area contributed by atoms with E-state index >= 15 is 0 Å². The predicted molar refractivity (Wildman–Crippen MR) is 102 cm³/mol. The molecule has 2 aromatic carbocycles. The monoisotopic (exact) mass is 364 g/mol. The van der Waals surface area contributed by atoms with Gasteiger partial charge in [0.15, 0.2) is 0 Å². The highest BCUT2D eigenvalue weighted by Crippen LogP contribution is 2.32. The average Bonchev–Trinajstić information content (AvgIpc) is 3.27. The van der Waals surface area contributed by atoms with Crippen LogP contribution in [0.1, 0.15) is 45.4 Å². The highest BCUT2D eigenvalue weighted by Gasteiger charge is 2.24. The number of benzene rings is 2. The van der Waals surface area contributed by atoms with E-state index in [-0.39, 0.29) is 11.9 Å². The summed E-state index contributed by atoms with van der Waals surface area (Å²) in [6.07, 6.45) is 1.97. The van der Waals surface area contributed by atoms with Gasteiger partial charge in [-0.15, -0.1) is 11.8 Å². The molecule has 1 aliphatic rings. The van der Waals surface area contributed by atoms with Crippen LogP contribution in [0.25, 0.3) is 0 Å². The summed E-state index contributed by atoms with van der Waals surface area (Å²) in [7, 11) is 0. The fraction of sp³-hybridized carbons (Fsp3) is 0.238. The number of fused-ring (bicyclic) bond motifs is 1. The van der Waals surface area contributed by atoms with E-state index in [9.17, 15) is 4.79 Å². The number of hydrogen-bond acceptors (Lipinski definition) is 4. The quantitative estimate of drug-likeness (QED) is 0.667. The number of aryl methyl sites for hydroxylation is 2. The molecule has 1 aliphatic carbocycles. The summed E-state index contributed by atoms with van der Waals surface area (Å²) in [6.45, 7) is 1.90. The third-order valence-corrected chi connectivity index (χ3v) is 5.71. The van der Waals surface area contributed by atoms with E-state index in [0.717, 1.165) is 29.2 Å². The van der Waals surface area contributed by atoms with Crippen LogP contribution in [0.15, 0.2) is 64.0 Å². The van der Waals surface area contributed by atoms with Gasteiger partial charge < -0.3 is 9.84 Å². The molecule has 0 bridgehead atoms. The molecule has 5 heteroatoms. The summed E-state index contributed by atoms with van der Waals surface area (Å²) in [5.74, 6) is 1.44. The van der Waals surface area contributed by atoms with Crippen molar-refractivity contribution in [1.29, 1.82) is 0 Å². The number of rotatable bonds is 5. The van der Waals surface area contributed by atoms with Crippen molar-refractivity contribution in [1.82, 2.24) is 10.5 Å². The number of carbonyl (C=O) groups excluding carboxylic acids is 1. The molecule has 3 aromatic rings. The number of thioether (sulfide) groups is 1. The van der Waals surface area contributed by atoms with E-state index in [1.54, 1.807) is 11.8 Å². The molecule has 1 unspecified atom stereocenters. The molecule has 26 heavy (non-hydrogen) atoms. The molecule has 0 saturated carbocycles. The third-order valence-electron chi connectivity index (χ3n) is 4.62. The van der Waals surface area contributed by atoms with E-state index in [1.807, 2.05) is 43.3 Å². The Balaban J connectivity index is 1.48. The lowest BCUT2D eigenvalue weighted by Crippen LogP contribution is -2.27. The maximum absolute atomic E-state index is 12.9. The van der Waals surface area contributed by atoms with Gasteiger partial charge in [0.05, 0.1) is 23.1 Å². The molecule has 0 radical (unpaired) electrons. The zero-order valence-corrected chi connectivity index (χ0v) is 15.4. The maximum Gasteiger partial charge on any atom is 0.252 e. The minimum absolute atomic E-state index is 0.0245. The largest absolute Gasteiger partial charge is 0.360 e. The molecule has 1 aromatic heterocycles. The Morgan fingerprint density at radius 3 is 2.88 bits per heavy atom. The van der Waals surface area contributed by atoms with Crippen LogP contribution >= 0.6 is 11.8 Å². The van der Waals surface area contributed by atoms with Crippen molar-refractivity contribution in [3.63, 3.8) is 0 Å². The zero-order chi connectivity index (χ0) is 17.9. The lowest BCUT2D eigenvalue weighted by Gasteiger charge is -2.15. The summed E-state index contributed by atoms with van der Waals surface area (Å²) in [4.78, 5) is 13.8. The molecule has 1 heterocycles. The minimum atomic E-state index is -0.0245. The van der Waals surface area contributed by atoms with Crippen molar-refractivity contribution in [3.05, 3.63) is 82.7 Å². The van der Waals surface area contributed by atoms with Crippen molar-refractivity contribution in [3.8, 4) is 0 Å². The van der Waals surface area contributed by atoms with E-state index in [0.29, 0.717) is 11.3 Å². The van der Waals surface area contributed by atoms with Crippen LogP contribution in [-0.2, 0) is 12.2 Å². The van der Waals surface area contributed by atoms with Crippen LogP contribution in [0.2, 0.25) is 0 Å². The van der Waals surface area contributed by atoms with Gasteiger partial charge in [0.2, 0.25) is 0 Å². The summed E-state index contributed by atoms with van der Waals surface area (Å²) < 4.78 is 5.26. The highest BCUT2D eigenvalue weighted by molar-refractivity contribution is 7.98. The molecule has 1 atom stereocenters. The Morgan fingerprint density at radius 1 is 1.23 bits per heavy atom. The molecule has 4 nitrogen and oxygen atoms in total. The molecule has 1 amide bonds. The smallest absolute Gasteiger partial charge is 0.252 e. The van der Waals surface area contributed by atoms with Crippen molar-refractivity contribution in [2.45, 2.75) is 36.5 Å². The normalized spacial score (nSPS) is 15.7. The van der Waals surface area contributed by atoms with Crippen molar-refractivity contribution >= 4 is 17.7 Å². The van der Waals surface area contributed by atoms with Gasteiger partial charge in [-0.2, -0.15) is 0 Å². The van der Waals surface area contributed by atoms with Crippen LogP contribution < -0.4 is 5.32 Å². The fourth-order valence-electron chi connectivity index (χ4n) is 3.36. The van der Waals surface area contributed by atoms with Crippen molar-refractivity contribution in [2.24, 2.45) is 0 Å². The molecule has 0 aliphatic heterocycles. The molecule has 0 spiro atoms. The Labute approximate surface area is 157 Å². The fourth-order valence-corrected chi connectivity index (χ4v) is 4.28. The molecule has 132 valence electrons. The van der Waals surface area contributed by atoms with E-state index in [2.05, 4.69) is 28.7 Å². The lowest BCUT2D eigenvalue weighted by atomic mass is 10.1. The number of hydrogen-bond donors (Lipinski definition) is 1. The first-order valence-electron chi connectivity index (χ1n) is 8.73. The van der Waals surface area contributed by atoms with Gasteiger partial charge in [0.1, 0.15) is 5.76 Å². The van der Waals surface area contributed by atoms with Gasteiger partial charge in [-0.25, -0.2) is 0 Å². The molecule has 0 fully saturated rings. The molecular weight excluding hydrogens is 344 g/mol. The van der Waals surface area contributed by atoms with Gasteiger partial charge in [0.25, 0.3) is 5.91 Å². The summed E-state index contributed by atoms with van der Waals surface area (Å²) in [6, 6.07) is 18.1. The highest BCUT2D eigenvalue weighted by atomic mass is 32.2. The Bertz CT molecular complexity index is 935. The summed E-state index contributed by atoms with van der Waals surface area (Å²) in [5, 5.41) is 7.11. The number of amides is 1. The topological polar surface area (TPSA) is 55.1 Å². The number of nitrogens with one attached hydrogen (secondary N) is 1. The second kappa shape index (κ2) is 7.38. The Morgan fingerprint density at radius 2 is 2.04 bits per heavy atom. The molecular formula is C21H20N2O2S. The van der Waals surface area contributed by atoms with Crippen LogP contribution in [0.4, 0.5) is 0 Å². The first-order chi connectivity index (χ1) is 12.7. The maximum atomic E-state index is 12.9.